The number of hydrogen-bond acceptors (Lipinski definition) is 4. The molecule has 0 N–H and O–H groups in total. The van der Waals surface area contributed by atoms with Crippen molar-refractivity contribution in [1.29, 1.82) is 0 Å². The fourth-order valence-corrected chi connectivity index (χ4v) is 2.58. The maximum Gasteiger partial charge on any atom is 0.336 e. The standard InChI is InChI=1S/C19H18O4/c1-12-4-7-17(21-3)14(8-12)11-22-15-5-6-16-13(2)9-19(20)23-18(16)10-15/h4-10H,11H2,1-3H3. The molecule has 0 unspecified atom stereocenters. The first-order chi connectivity index (χ1) is 11.1. The van der Waals surface area contributed by atoms with Gasteiger partial charge >= 0.3 is 5.63 Å². The molecule has 4 nitrogen and oxygen atoms in total. The molecule has 0 aliphatic heterocycles. The van der Waals surface area contributed by atoms with Crippen molar-refractivity contribution < 1.29 is 13.9 Å². The van der Waals surface area contributed by atoms with Crippen molar-refractivity contribution in [2.75, 3.05) is 7.11 Å². The van der Waals surface area contributed by atoms with Gasteiger partial charge in [-0.15, -0.1) is 0 Å². The van der Waals surface area contributed by atoms with Gasteiger partial charge in [-0.05, 0) is 43.7 Å². The Balaban J connectivity index is 1.88. The van der Waals surface area contributed by atoms with Crippen molar-refractivity contribution in [2.24, 2.45) is 0 Å². The highest BCUT2D eigenvalue weighted by Gasteiger charge is 2.07. The van der Waals surface area contributed by atoms with E-state index in [-0.39, 0.29) is 5.63 Å². The van der Waals surface area contributed by atoms with Crippen LogP contribution in [0, 0.1) is 13.8 Å². The van der Waals surface area contributed by atoms with E-state index in [0.717, 1.165) is 27.8 Å². The summed E-state index contributed by atoms with van der Waals surface area (Å²) in [6, 6.07) is 13.0. The van der Waals surface area contributed by atoms with E-state index in [4.69, 9.17) is 13.9 Å². The lowest BCUT2D eigenvalue weighted by molar-refractivity contribution is 0.296. The third-order valence-electron chi connectivity index (χ3n) is 3.75. The molecule has 0 bridgehead atoms. The number of fused-ring (bicyclic) bond motifs is 1. The molecule has 3 rings (SSSR count). The molecule has 2 aromatic carbocycles. The maximum atomic E-state index is 11.5. The van der Waals surface area contributed by atoms with Gasteiger partial charge in [0.1, 0.15) is 23.7 Å². The predicted molar refractivity (Wildman–Crippen MR) is 89.3 cm³/mol. The molecule has 0 aliphatic rings. The van der Waals surface area contributed by atoms with Crippen LogP contribution >= 0.6 is 0 Å². The first kappa shape index (κ1) is 15.2. The number of benzene rings is 2. The van der Waals surface area contributed by atoms with Crippen LogP contribution in [0.5, 0.6) is 11.5 Å². The van der Waals surface area contributed by atoms with Crippen molar-refractivity contribution in [3.63, 3.8) is 0 Å². The Morgan fingerprint density at radius 3 is 2.65 bits per heavy atom. The van der Waals surface area contributed by atoms with Crippen molar-refractivity contribution in [3.05, 3.63) is 69.6 Å². The number of hydrogen-bond donors (Lipinski definition) is 0. The smallest absolute Gasteiger partial charge is 0.336 e. The molecule has 0 amide bonds. The van der Waals surface area contributed by atoms with Crippen LogP contribution in [0.2, 0.25) is 0 Å². The molecular weight excluding hydrogens is 292 g/mol. The van der Waals surface area contributed by atoms with Crippen LogP contribution in [0.4, 0.5) is 0 Å². The zero-order valence-corrected chi connectivity index (χ0v) is 13.4. The van der Waals surface area contributed by atoms with E-state index in [1.165, 1.54) is 6.07 Å². The van der Waals surface area contributed by atoms with Crippen molar-refractivity contribution in [2.45, 2.75) is 20.5 Å². The van der Waals surface area contributed by atoms with Gasteiger partial charge in [-0.3, -0.25) is 0 Å². The lowest BCUT2D eigenvalue weighted by Crippen LogP contribution is -2.00. The average Bonchev–Trinajstić information content (AvgIpc) is 2.52. The van der Waals surface area contributed by atoms with E-state index in [1.807, 2.05) is 44.2 Å². The first-order valence-corrected chi connectivity index (χ1v) is 7.37. The highest BCUT2D eigenvalue weighted by Crippen LogP contribution is 2.25. The van der Waals surface area contributed by atoms with E-state index in [0.29, 0.717) is 17.9 Å². The van der Waals surface area contributed by atoms with E-state index in [1.54, 1.807) is 13.2 Å². The van der Waals surface area contributed by atoms with Gasteiger partial charge in [-0.2, -0.15) is 0 Å². The number of aryl methyl sites for hydroxylation is 2. The van der Waals surface area contributed by atoms with Gasteiger partial charge in [-0.1, -0.05) is 11.6 Å². The van der Waals surface area contributed by atoms with Crippen LogP contribution in [-0.2, 0) is 6.61 Å². The molecule has 0 radical (unpaired) electrons. The normalized spacial score (nSPS) is 10.7. The van der Waals surface area contributed by atoms with E-state index < -0.39 is 0 Å². The summed E-state index contributed by atoms with van der Waals surface area (Å²) in [6.45, 7) is 4.29. The van der Waals surface area contributed by atoms with Crippen molar-refractivity contribution in [3.8, 4) is 11.5 Å². The van der Waals surface area contributed by atoms with Crippen molar-refractivity contribution in [1.82, 2.24) is 0 Å². The molecule has 0 spiro atoms. The molecule has 0 saturated carbocycles. The maximum absolute atomic E-state index is 11.5. The summed E-state index contributed by atoms with van der Waals surface area (Å²) in [6.07, 6.45) is 0. The van der Waals surface area contributed by atoms with E-state index in [2.05, 4.69) is 0 Å². The summed E-state index contributed by atoms with van der Waals surface area (Å²) >= 11 is 0. The fraction of sp³-hybridized carbons (Fsp3) is 0.211. The minimum Gasteiger partial charge on any atom is -0.496 e. The Morgan fingerprint density at radius 2 is 1.87 bits per heavy atom. The van der Waals surface area contributed by atoms with Crippen LogP contribution in [0.1, 0.15) is 16.7 Å². The monoisotopic (exact) mass is 310 g/mol. The van der Waals surface area contributed by atoms with Crippen LogP contribution in [0.25, 0.3) is 11.0 Å². The van der Waals surface area contributed by atoms with Gasteiger partial charge in [0.2, 0.25) is 0 Å². The molecule has 0 saturated heterocycles. The minimum absolute atomic E-state index is 0.354. The fourth-order valence-electron chi connectivity index (χ4n) is 2.58. The van der Waals surface area contributed by atoms with Gasteiger partial charge in [0.05, 0.1) is 7.11 Å². The van der Waals surface area contributed by atoms with Crippen LogP contribution in [0.3, 0.4) is 0 Å². The largest absolute Gasteiger partial charge is 0.496 e. The summed E-state index contributed by atoms with van der Waals surface area (Å²) < 4.78 is 16.4. The Labute approximate surface area is 134 Å². The number of methoxy groups -OCH3 is 1. The lowest BCUT2D eigenvalue weighted by Gasteiger charge is -2.11. The van der Waals surface area contributed by atoms with E-state index >= 15 is 0 Å². The van der Waals surface area contributed by atoms with Gasteiger partial charge < -0.3 is 13.9 Å². The molecule has 3 aromatic rings. The summed E-state index contributed by atoms with van der Waals surface area (Å²) in [5.41, 5.74) is 3.18. The third-order valence-corrected chi connectivity index (χ3v) is 3.75. The van der Waals surface area contributed by atoms with Crippen LogP contribution < -0.4 is 15.1 Å². The molecule has 0 fully saturated rings. The van der Waals surface area contributed by atoms with Crippen LogP contribution in [-0.4, -0.2) is 7.11 Å². The lowest BCUT2D eigenvalue weighted by atomic mass is 10.1. The van der Waals surface area contributed by atoms with Gasteiger partial charge in [0.25, 0.3) is 0 Å². The SMILES string of the molecule is COc1ccc(C)cc1COc1ccc2c(C)cc(=O)oc2c1. The first-order valence-electron chi connectivity index (χ1n) is 7.37. The molecule has 0 aliphatic carbocycles. The molecule has 0 atom stereocenters. The Bertz CT molecular complexity index is 909. The Hall–Kier alpha value is -2.75. The number of ether oxygens (including phenoxy) is 2. The zero-order chi connectivity index (χ0) is 16.4. The molecule has 1 aromatic heterocycles. The zero-order valence-electron chi connectivity index (χ0n) is 13.4. The summed E-state index contributed by atoms with van der Waals surface area (Å²) in [7, 11) is 1.64. The second-order valence-electron chi connectivity index (χ2n) is 5.51. The third kappa shape index (κ3) is 3.21. The summed E-state index contributed by atoms with van der Waals surface area (Å²) in [5, 5.41) is 0.907. The van der Waals surface area contributed by atoms with Gasteiger partial charge in [-0.25, -0.2) is 4.79 Å². The molecule has 1 heterocycles. The van der Waals surface area contributed by atoms with Crippen molar-refractivity contribution >= 4 is 11.0 Å². The van der Waals surface area contributed by atoms with E-state index in [9.17, 15) is 4.79 Å². The van der Waals surface area contributed by atoms with Crippen LogP contribution in [0.15, 0.2) is 51.7 Å². The summed E-state index contributed by atoms with van der Waals surface area (Å²) in [4.78, 5) is 11.5. The molecule has 4 heteroatoms. The quantitative estimate of drug-likeness (QED) is 0.683. The Kier molecular flexibility index (Phi) is 4.06. The highest BCUT2D eigenvalue weighted by atomic mass is 16.5. The summed E-state index contributed by atoms with van der Waals surface area (Å²) in [5.74, 6) is 1.44. The second-order valence-corrected chi connectivity index (χ2v) is 5.51. The Morgan fingerprint density at radius 1 is 1.04 bits per heavy atom. The topological polar surface area (TPSA) is 48.7 Å². The molecular formula is C19H18O4. The molecule has 23 heavy (non-hydrogen) atoms. The second kappa shape index (κ2) is 6.16. The number of rotatable bonds is 4. The molecule has 118 valence electrons. The predicted octanol–water partition coefficient (Wildman–Crippen LogP) is 4.00. The highest BCUT2D eigenvalue weighted by molar-refractivity contribution is 5.81. The van der Waals surface area contributed by atoms with Gasteiger partial charge in [0.15, 0.2) is 0 Å². The minimum atomic E-state index is -0.354. The average molecular weight is 310 g/mol. The van der Waals surface area contributed by atoms with Gasteiger partial charge in [0, 0.05) is 23.1 Å².